The predicted octanol–water partition coefficient (Wildman–Crippen LogP) is 4.33. The van der Waals surface area contributed by atoms with Crippen molar-refractivity contribution in [3.05, 3.63) is 29.0 Å². The first-order valence-corrected chi connectivity index (χ1v) is 8.43. The lowest BCUT2D eigenvalue weighted by Gasteiger charge is -2.21. The van der Waals surface area contributed by atoms with Crippen LogP contribution in [0, 0.1) is 11.8 Å². The number of halogens is 1. The molecule has 1 N–H and O–H groups in total. The lowest BCUT2D eigenvalue weighted by atomic mass is 9.93. The maximum Gasteiger partial charge on any atom is 0.127 e. The molecule has 3 nitrogen and oxygen atoms in total. The van der Waals surface area contributed by atoms with Gasteiger partial charge in [0.25, 0.3) is 0 Å². The van der Waals surface area contributed by atoms with Crippen molar-refractivity contribution in [2.45, 2.75) is 45.2 Å². The molecule has 1 aromatic carbocycles. The quantitative estimate of drug-likeness (QED) is 0.895. The van der Waals surface area contributed by atoms with Crippen molar-refractivity contribution >= 4 is 22.6 Å². The van der Waals surface area contributed by atoms with E-state index in [4.69, 9.17) is 16.6 Å². The molecule has 0 amide bonds. The Morgan fingerprint density at radius 1 is 1.33 bits per heavy atom. The molecule has 1 aliphatic heterocycles. The van der Waals surface area contributed by atoms with Crippen LogP contribution in [0.2, 0.25) is 5.02 Å². The minimum atomic E-state index is 0.394. The Bertz CT molecular complexity index is 676. The van der Waals surface area contributed by atoms with E-state index in [0.29, 0.717) is 12.1 Å². The summed E-state index contributed by atoms with van der Waals surface area (Å²) in [7, 11) is 0. The van der Waals surface area contributed by atoms with Gasteiger partial charge in [-0.25, -0.2) is 4.98 Å². The molecular formula is C17H22ClN3. The van der Waals surface area contributed by atoms with Crippen LogP contribution in [0.15, 0.2) is 18.2 Å². The highest BCUT2D eigenvalue weighted by molar-refractivity contribution is 6.31. The van der Waals surface area contributed by atoms with E-state index in [-0.39, 0.29) is 0 Å². The second kappa shape index (κ2) is 4.99. The lowest BCUT2D eigenvalue weighted by molar-refractivity contribution is 0.391. The molecule has 4 heteroatoms. The summed E-state index contributed by atoms with van der Waals surface area (Å²) in [5, 5.41) is 4.52. The largest absolute Gasteiger partial charge is 0.324 e. The van der Waals surface area contributed by atoms with Crippen LogP contribution in [-0.2, 0) is 0 Å². The molecule has 0 bridgehead atoms. The fourth-order valence-electron chi connectivity index (χ4n) is 4.32. The number of imidazole rings is 1. The van der Waals surface area contributed by atoms with Gasteiger partial charge in [-0.2, -0.15) is 0 Å². The van der Waals surface area contributed by atoms with Crippen LogP contribution >= 0.6 is 11.6 Å². The highest BCUT2D eigenvalue weighted by atomic mass is 35.5. The summed E-state index contributed by atoms with van der Waals surface area (Å²) in [5.74, 6) is 2.81. The number of nitrogens with zero attached hydrogens (tertiary/aromatic N) is 2. The Balaban J connectivity index is 1.86. The van der Waals surface area contributed by atoms with Gasteiger partial charge in [-0.3, -0.25) is 0 Å². The summed E-state index contributed by atoms with van der Waals surface area (Å²) < 4.78 is 2.37. The van der Waals surface area contributed by atoms with Crippen LogP contribution in [0.5, 0.6) is 0 Å². The van der Waals surface area contributed by atoms with Gasteiger partial charge in [-0.1, -0.05) is 18.0 Å². The number of rotatable bonds is 2. The van der Waals surface area contributed by atoms with Crippen LogP contribution in [0.25, 0.3) is 11.0 Å². The molecule has 2 heterocycles. The highest BCUT2D eigenvalue weighted by Gasteiger charge is 2.41. The lowest BCUT2D eigenvalue weighted by Crippen LogP contribution is -2.23. The summed E-state index contributed by atoms with van der Waals surface area (Å²) in [6, 6.07) is 6.83. The molecule has 2 aromatic rings. The number of aromatic nitrogens is 2. The number of nitrogens with one attached hydrogen (secondary N) is 1. The van der Waals surface area contributed by atoms with Gasteiger partial charge in [0.15, 0.2) is 0 Å². The van der Waals surface area contributed by atoms with Crippen molar-refractivity contribution < 1.29 is 0 Å². The van der Waals surface area contributed by atoms with Crippen molar-refractivity contribution in [2.75, 3.05) is 6.54 Å². The van der Waals surface area contributed by atoms with E-state index >= 15 is 0 Å². The molecule has 0 radical (unpaired) electrons. The van der Waals surface area contributed by atoms with Gasteiger partial charge in [-0.05, 0) is 63.3 Å². The monoisotopic (exact) mass is 303 g/mol. The Kier molecular flexibility index (Phi) is 3.23. The van der Waals surface area contributed by atoms with Crippen LogP contribution in [0.1, 0.15) is 51.0 Å². The van der Waals surface area contributed by atoms with Gasteiger partial charge in [0.1, 0.15) is 5.82 Å². The summed E-state index contributed by atoms with van der Waals surface area (Å²) in [6.45, 7) is 5.61. The fraction of sp³-hybridized carbons (Fsp3) is 0.588. The zero-order valence-corrected chi connectivity index (χ0v) is 13.4. The van der Waals surface area contributed by atoms with Crippen molar-refractivity contribution in [3.8, 4) is 0 Å². The van der Waals surface area contributed by atoms with E-state index in [1.54, 1.807) is 0 Å². The van der Waals surface area contributed by atoms with Crippen molar-refractivity contribution in [3.63, 3.8) is 0 Å². The number of benzene rings is 1. The second-order valence-corrected chi connectivity index (χ2v) is 7.24. The number of hydrogen-bond donors (Lipinski definition) is 1. The molecule has 3 unspecified atom stereocenters. The molecule has 0 spiro atoms. The molecule has 1 saturated heterocycles. The van der Waals surface area contributed by atoms with E-state index in [1.165, 1.54) is 25.1 Å². The highest BCUT2D eigenvalue weighted by Crippen LogP contribution is 2.45. The molecule has 3 atom stereocenters. The average molecular weight is 304 g/mol. The zero-order valence-electron chi connectivity index (χ0n) is 12.6. The number of fused-ring (bicyclic) bond motifs is 2. The molecule has 1 saturated carbocycles. The van der Waals surface area contributed by atoms with E-state index < -0.39 is 0 Å². The Hall–Kier alpha value is -1.06. The van der Waals surface area contributed by atoms with Gasteiger partial charge in [0.2, 0.25) is 0 Å². The third-order valence-electron chi connectivity index (χ3n) is 5.22. The molecule has 2 aliphatic rings. The summed E-state index contributed by atoms with van der Waals surface area (Å²) in [6.07, 6.45) is 4.09. The second-order valence-electron chi connectivity index (χ2n) is 6.81. The minimum Gasteiger partial charge on any atom is -0.324 e. The number of hydrogen-bond acceptors (Lipinski definition) is 2. The Morgan fingerprint density at radius 2 is 2.19 bits per heavy atom. The first-order valence-electron chi connectivity index (χ1n) is 8.06. The topological polar surface area (TPSA) is 29.9 Å². The van der Waals surface area contributed by atoms with Gasteiger partial charge in [0.05, 0.1) is 17.1 Å². The molecular weight excluding hydrogens is 282 g/mol. The predicted molar refractivity (Wildman–Crippen MR) is 86.7 cm³/mol. The van der Waals surface area contributed by atoms with Crippen LogP contribution in [0.4, 0.5) is 0 Å². The van der Waals surface area contributed by atoms with Gasteiger partial charge < -0.3 is 9.88 Å². The normalized spacial score (nSPS) is 28.7. The first-order chi connectivity index (χ1) is 10.1. The van der Waals surface area contributed by atoms with Crippen molar-refractivity contribution in [1.82, 2.24) is 14.9 Å². The minimum absolute atomic E-state index is 0.394. The third-order valence-corrected chi connectivity index (χ3v) is 5.45. The standard InChI is InChI=1S/C17H22ClN3/c1-10(2)21-15-8-12(18)6-7-14(15)20-17(21)16-13-5-3-4-11(13)9-19-16/h6-8,10-11,13,16,19H,3-5,9H2,1-2H3. The SMILES string of the molecule is CC(C)n1c(C2NCC3CCCC32)nc2ccc(Cl)cc21. The van der Waals surface area contributed by atoms with Crippen molar-refractivity contribution in [2.24, 2.45) is 11.8 Å². The maximum atomic E-state index is 6.20. The van der Waals surface area contributed by atoms with E-state index in [9.17, 15) is 0 Å². The van der Waals surface area contributed by atoms with Crippen LogP contribution in [-0.4, -0.2) is 16.1 Å². The fourth-order valence-corrected chi connectivity index (χ4v) is 4.48. The third kappa shape index (κ3) is 2.09. The van der Waals surface area contributed by atoms with Crippen molar-refractivity contribution in [1.29, 1.82) is 0 Å². The van der Waals surface area contributed by atoms with Gasteiger partial charge >= 0.3 is 0 Å². The molecule has 112 valence electrons. The molecule has 21 heavy (non-hydrogen) atoms. The zero-order chi connectivity index (χ0) is 14.6. The Labute approximate surface area is 130 Å². The van der Waals surface area contributed by atoms with Gasteiger partial charge in [0, 0.05) is 11.1 Å². The molecule has 1 aromatic heterocycles. The van der Waals surface area contributed by atoms with Gasteiger partial charge in [-0.15, -0.1) is 0 Å². The van der Waals surface area contributed by atoms with E-state index in [2.05, 4.69) is 29.8 Å². The molecule has 1 aliphatic carbocycles. The molecule has 2 fully saturated rings. The first kappa shape index (κ1) is 13.6. The average Bonchev–Trinajstić information content (AvgIpc) is 3.09. The summed E-state index contributed by atoms with van der Waals surface area (Å²) in [4.78, 5) is 4.96. The molecule has 4 rings (SSSR count). The maximum absolute atomic E-state index is 6.20. The van der Waals surface area contributed by atoms with E-state index in [1.807, 2.05) is 12.1 Å². The Morgan fingerprint density at radius 3 is 3.00 bits per heavy atom. The summed E-state index contributed by atoms with van der Waals surface area (Å²) >= 11 is 6.20. The van der Waals surface area contributed by atoms with E-state index in [0.717, 1.165) is 34.4 Å². The van der Waals surface area contributed by atoms with Crippen LogP contribution in [0.3, 0.4) is 0 Å². The summed E-state index contributed by atoms with van der Waals surface area (Å²) in [5.41, 5.74) is 2.22. The van der Waals surface area contributed by atoms with Crippen LogP contribution < -0.4 is 5.32 Å². The smallest absolute Gasteiger partial charge is 0.127 e.